The molecule has 3 nitrogen and oxygen atoms in total. The molecule has 0 amide bonds. The number of pyridine rings is 1. The molecule has 66 valence electrons. The first kappa shape index (κ1) is 8.26. The van der Waals surface area contributed by atoms with Gasteiger partial charge in [-0.3, -0.25) is 4.98 Å². The van der Waals surface area contributed by atoms with Gasteiger partial charge >= 0.3 is 0 Å². The zero-order valence-corrected chi connectivity index (χ0v) is 7.86. The van der Waals surface area contributed by atoms with Crippen molar-refractivity contribution in [2.45, 2.75) is 6.92 Å². The number of hydrogen-bond acceptors (Lipinski definition) is 2. The second-order valence-electron chi connectivity index (χ2n) is 2.73. The van der Waals surface area contributed by atoms with Crippen molar-refractivity contribution in [2.75, 3.05) is 0 Å². The van der Waals surface area contributed by atoms with E-state index in [1.807, 2.05) is 25.1 Å². The number of nitrogens with zero attached hydrogens (tertiary/aromatic N) is 3. The Morgan fingerprint density at radius 3 is 2.54 bits per heavy atom. The molecule has 4 heteroatoms. The Morgan fingerprint density at radius 1 is 1.31 bits per heavy atom. The van der Waals surface area contributed by atoms with Crippen LogP contribution in [0.4, 0.5) is 0 Å². The highest BCUT2D eigenvalue weighted by molar-refractivity contribution is 6.29. The Balaban J connectivity index is 2.53. The highest BCUT2D eigenvalue weighted by atomic mass is 35.5. The highest BCUT2D eigenvalue weighted by Gasteiger charge is 2.03. The molecular formula is C9H8ClN3. The maximum Gasteiger partial charge on any atom is 0.133 e. The zero-order valence-electron chi connectivity index (χ0n) is 7.11. The molecule has 0 aromatic carbocycles. The Kier molecular flexibility index (Phi) is 2.02. The summed E-state index contributed by atoms with van der Waals surface area (Å²) in [5, 5.41) is 4.85. The largest absolute Gasteiger partial charge is 0.265 e. The Morgan fingerprint density at radius 2 is 2.00 bits per heavy atom. The fourth-order valence-electron chi connectivity index (χ4n) is 1.13. The predicted molar refractivity (Wildman–Crippen MR) is 51.1 cm³/mol. The Bertz CT molecular complexity index is 408. The van der Waals surface area contributed by atoms with Crippen LogP contribution in [0.2, 0.25) is 5.15 Å². The summed E-state index contributed by atoms with van der Waals surface area (Å²) in [6, 6.07) is 5.54. The molecule has 0 aliphatic rings. The molecule has 2 aromatic rings. The van der Waals surface area contributed by atoms with Gasteiger partial charge in [-0.25, -0.2) is 4.68 Å². The molecule has 0 unspecified atom stereocenters. The third-order valence-electron chi connectivity index (χ3n) is 1.70. The monoisotopic (exact) mass is 193 g/mol. The van der Waals surface area contributed by atoms with Crippen LogP contribution in [-0.4, -0.2) is 14.8 Å². The van der Waals surface area contributed by atoms with Crippen LogP contribution in [0.5, 0.6) is 0 Å². The van der Waals surface area contributed by atoms with Crippen molar-refractivity contribution in [3.8, 4) is 5.69 Å². The molecule has 2 rings (SSSR count). The third-order valence-corrected chi connectivity index (χ3v) is 1.96. The summed E-state index contributed by atoms with van der Waals surface area (Å²) >= 11 is 5.96. The molecule has 0 bridgehead atoms. The van der Waals surface area contributed by atoms with Crippen LogP contribution in [0, 0.1) is 6.92 Å². The lowest BCUT2D eigenvalue weighted by molar-refractivity contribution is 0.861. The number of hydrogen-bond donors (Lipinski definition) is 0. The quantitative estimate of drug-likeness (QED) is 0.696. The number of aryl methyl sites for hydroxylation is 1. The molecule has 0 aliphatic carbocycles. The van der Waals surface area contributed by atoms with Gasteiger partial charge in [0.25, 0.3) is 0 Å². The van der Waals surface area contributed by atoms with Crippen LogP contribution < -0.4 is 0 Å². The molecule has 2 heterocycles. The van der Waals surface area contributed by atoms with Crippen LogP contribution in [-0.2, 0) is 0 Å². The fourth-order valence-corrected chi connectivity index (χ4v) is 1.43. The Labute approximate surface area is 81.0 Å². The summed E-state index contributed by atoms with van der Waals surface area (Å²) in [4.78, 5) is 3.92. The van der Waals surface area contributed by atoms with Crippen molar-refractivity contribution in [1.82, 2.24) is 14.8 Å². The second kappa shape index (κ2) is 3.18. The first-order valence-electron chi connectivity index (χ1n) is 3.90. The van der Waals surface area contributed by atoms with Gasteiger partial charge in [0.1, 0.15) is 5.15 Å². The van der Waals surface area contributed by atoms with E-state index in [4.69, 9.17) is 11.6 Å². The Hall–Kier alpha value is -1.35. The van der Waals surface area contributed by atoms with Crippen LogP contribution >= 0.6 is 11.6 Å². The minimum Gasteiger partial charge on any atom is -0.265 e. The first-order chi connectivity index (χ1) is 6.27. The summed E-state index contributed by atoms with van der Waals surface area (Å²) in [5.74, 6) is 0. The summed E-state index contributed by atoms with van der Waals surface area (Å²) in [5.41, 5.74) is 1.83. The van der Waals surface area contributed by atoms with Crippen molar-refractivity contribution in [2.24, 2.45) is 0 Å². The molecular weight excluding hydrogens is 186 g/mol. The SMILES string of the molecule is Cc1cc(Cl)n(-c2ccncc2)n1. The summed E-state index contributed by atoms with van der Waals surface area (Å²) < 4.78 is 1.68. The van der Waals surface area contributed by atoms with Gasteiger partial charge < -0.3 is 0 Å². The summed E-state index contributed by atoms with van der Waals surface area (Å²) in [7, 11) is 0. The van der Waals surface area contributed by atoms with E-state index in [0.29, 0.717) is 5.15 Å². The molecule has 0 spiro atoms. The van der Waals surface area contributed by atoms with Crippen LogP contribution in [0.15, 0.2) is 30.6 Å². The lowest BCUT2D eigenvalue weighted by Crippen LogP contribution is -1.96. The van der Waals surface area contributed by atoms with Crippen LogP contribution in [0.1, 0.15) is 5.69 Å². The van der Waals surface area contributed by atoms with E-state index in [1.54, 1.807) is 17.1 Å². The molecule has 0 radical (unpaired) electrons. The average molecular weight is 194 g/mol. The van der Waals surface area contributed by atoms with E-state index in [9.17, 15) is 0 Å². The minimum absolute atomic E-state index is 0.615. The van der Waals surface area contributed by atoms with Crippen molar-refractivity contribution in [3.63, 3.8) is 0 Å². The second-order valence-corrected chi connectivity index (χ2v) is 3.11. The fraction of sp³-hybridized carbons (Fsp3) is 0.111. The van der Waals surface area contributed by atoms with Crippen molar-refractivity contribution in [3.05, 3.63) is 41.4 Å². The first-order valence-corrected chi connectivity index (χ1v) is 4.28. The van der Waals surface area contributed by atoms with Gasteiger partial charge in [-0.2, -0.15) is 5.10 Å². The number of halogens is 1. The topological polar surface area (TPSA) is 30.7 Å². The van der Waals surface area contributed by atoms with Crippen LogP contribution in [0.3, 0.4) is 0 Å². The molecule has 2 aromatic heterocycles. The molecule has 0 N–H and O–H groups in total. The molecule has 0 fully saturated rings. The molecule has 0 aliphatic heterocycles. The van der Waals surface area contributed by atoms with E-state index in [1.165, 1.54) is 0 Å². The molecule has 0 atom stereocenters. The van der Waals surface area contributed by atoms with E-state index in [-0.39, 0.29) is 0 Å². The van der Waals surface area contributed by atoms with Crippen molar-refractivity contribution < 1.29 is 0 Å². The van der Waals surface area contributed by atoms with Crippen molar-refractivity contribution >= 4 is 11.6 Å². The number of rotatable bonds is 1. The van der Waals surface area contributed by atoms with Gasteiger partial charge in [0.15, 0.2) is 0 Å². The van der Waals surface area contributed by atoms with E-state index in [2.05, 4.69) is 10.1 Å². The minimum atomic E-state index is 0.615. The third kappa shape index (κ3) is 1.55. The normalized spacial score (nSPS) is 10.3. The zero-order chi connectivity index (χ0) is 9.26. The van der Waals surface area contributed by atoms with Gasteiger partial charge in [-0.15, -0.1) is 0 Å². The van der Waals surface area contributed by atoms with E-state index < -0.39 is 0 Å². The molecule has 0 saturated heterocycles. The van der Waals surface area contributed by atoms with E-state index in [0.717, 1.165) is 11.4 Å². The highest BCUT2D eigenvalue weighted by Crippen LogP contribution is 2.15. The lowest BCUT2D eigenvalue weighted by Gasteiger charge is -2.00. The molecule has 0 saturated carbocycles. The molecule has 13 heavy (non-hydrogen) atoms. The van der Waals surface area contributed by atoms with Gasteiger partial charge in [-0.05, 0) is 25.1 Å². The standard InChI is InChI=1S/C9H8ClN3/c1-7-6-9(10)13(12-7)8-2-4-11-5-3-8/h2-6H,1H3. The average Bonchev–Trinajstić information content (AvgIpc) is 2.47. The van der Waals surface area contributed by atoms with E-state index >= 15 is 0 Å². The lowest BCUT2D eigenvalue weighted by atomic mass is 10.4. The summed E-state index contributed by atoms with van der Waals surface area (Å²) in [6.07, 6.45) is 3.42. The summed E-state index contributed by atoms with van der Waals surface area (Å²) in [6.45, 7) is 1.91. The van der Waals surface area contributed by atoms with Gasteiger partial charge in [0, 0.05) is 12.4 Å². The van der Waals surface area contributed by atoms with Gasteiger partial charge in [-0.1, -0.05) is 11.6 Å². The van der Waals surface area contributed by atoms with Crippen molar-refractivity contribution in [1.29, 1.82) is 0 Å². The van der Waals surface area contributed by atoms with Crippen LogP contribution in [0.25, 0.3) is 5.69 Å². The van der Waals surface area contributed by atoms with Gasteiger partial charge in [0.05, 0.1) is 11.4 Å². The predicted octanol–water partition coefficient (Wildman–Crippen LogP) is 2.23. The smallest absolute Gasteiger partial charge is 0.133 e. The van der Waals surface area contributed by atoms with Gasteiger partial charge in [0.2, 0.25) is 0 Å². The maximum atomic E-state index is 5.96. The maximum absolute atomic E-state index is 5.96. The number of aromatic nitrogens is 3.